The topological polar surface area (TPSA) is 92.9 Å². The molecule has 1 aliphatic rings. The maximum atomic E-state index is 12.9. The molecular weight excluding hydrogens is 461 g/mol. The molecule has 1 heterocycles. The number of carboxylic acids is 1. The first-order valence-electron chi connectivity index (χ1n) is 11.6. The number of hydrogen-bond donors (Lipinski definition) is 2. The molecule has 1 aliphatic heterocycles. The van der Waals surface area contributed by atoms with Crippen molar-refractivity contribution in [3.8, 4) is 5.75 Å². The van der Waals surface area contributed by atoms with Crippen LogP contribution in [-0.2, 0) is 21.4 Å². The third-order valence-electron chi connectivity index (χ3n) is 6.12. The Balaban J connectivity index is 0.000000540. The van der Waals surface area contributed by atoms with Crippen molar-refractivity contribution in [1.29, 1.82) is 0 Å². The highest BCUT2D eigenvalue weighted by molar-refractivity contribution is 5.83. The van der Waals surface area contributed by atoms with Gasteiger partial charge >= 0.3 is 12.1 Å². The predicted octanol–water partition coefficient (Wildman–Crippen LogP) is 4.56. The summed E-state index contributed by atoms with van der Waals surface area (Å²) in [4.78, 5) is 23.7. The highest BCUT2D eigenvalue weighted by atomic mass is 19.4. The molecule has 0 radical (unpaired) electrons. The number of ether oxygens (including phenoxy) is 1. The van der Waals surface area contributed by atoms with E-state index in [0.717, 1.165) is 30.8 Å². The van der Waals surface area contributed by atoms with Crippen LogP contribution in [0.3, 0.4) is 0 Å². The molecule has 1 atom stereocenters. The number of likely N-dealkylation sites (tertiary alicyclic amines) is 1. The van der Waals surface area contributed by atoms with E-state index in [1.54, 1.807) is 7.11 Å². The molecule has 1 amide bonds. The molecule has 0 aromatic heterocycles. The average Bonchev–Trinajstić information content (AvgIpc) is 2.81. The molecule has 1 fully saturated rings. The van der Waals surface area contributed by atoms with Crippen molar-refractivity contribution in [3.63, 3.8) is 0 Å². The van der Waals surface area contributed by atoms with Crippen LogP contribution in [0.1, 0.15) is 43.7 Å². The SMILES string of the molecule is CCCCCC1(c2ccccc2)CN(C(=O)[C@H](N)Cc2ccc(OC)cc2)C1.O=C(O)C(F)(F)F. The zero-order valence-corrected chi connectivity index (χ0v) is 20.1. The van der Waals surface area contributed by atoms with Gasteiger partial charge in [-0.3, -0.25) is 4.79 Å². The smallest absolute Gasteiger partial charge is 0.490 e. The molecule has 9 heteroatoms. The van der Waals surface area contributed by atoms with E-state index >= 15 is 0 Å². The number of methoxy groups -OCH3 is 1. The number of amides is 1. The fourth-order valence-corrected chi connectivity index (χ4v) is 4.17. The molecule has 0 spiro atoms. The van der Waals surface area contributed by atoms with Crippen LogP contribution in [0, 0.1) is 0 Å². The first kappa shape index (κ1) is 28.2. The second-order valence-corrected chi connectivity index (χ2v) is 8.76. The first-order chi connectivity index (χ1) is 16.5. The number of aliphatic carboxylic acids is 1. The minimum Gasteiger partial charge on any atom is -0.497 e. The second-order valence-electron chi connectivity index (χ2n) is 8.76. The monoisotopic (exact) mass is 494 g/mol. The van der Waals surface area contributed by atoms with Crippen molar-refractivity contribution >= 4 is 11.9 Å². The third-order valence-corrected chi connectivity index (χ3v) is 6.12. The Labute approximate surface area is 203 Å². The molecular formula is C26H33F3N2O4. The van der Waals surface area contributed by atoms with Crippen LogP contribution in [-0.4, -0.2) is 54.3 Å². The number of carbonyl (C=O) groups is 2. The highest BCUT2D eigenvalue weighted by Gasteiger charge is 2.46. The number of unbranched alkanes of at least 4 members (excludes halogenated alkanes) is 2. The molecule has 2 aromatic rings. The minimum atomic E-state index is -5.08. The molecule has 35 heavy (non-hydrogen) atoms. The minimum absolute atomic E-state index is 0.0536. The number of nitrogens with zero attached hydrogens (tertiary/aromatic N) is 1. The van der Waals surface area contributed by atoms with Gasteiger partial charge in [-0.05, 0) is 36.1 Å². The number of nitrogens with two attached hydrogens (primary N) is 1. The van der Waals surface area contributed by atoms with Gasteiger partial charge in [0.1, 0.15) is 5.75 Å². The summed E-state index contributed by atoms with van der Waals surface area (Å²) in [7, 11) is 1.65. The molecule has 0 saturated carbocycles. The van der Waals surface area contributed by atoms with Crippen LogP contribution in [0.5, 0.6) is 5.75 Å². The summed E-state index contributed by atoms with van der Waals surface area (Å²) < 4.78 is 36.9. The van der Waals surface area contributed by atoms with Crippen molar-refractivity contribution in [2.24, 2.45) is 5.73 Å². The summed E-state index contributed by atoms with van der Waals surface area (Å²) >= 11 is 0. The maximum Gasteiger partial charge on any atom is 0.490 e. The van der Waals surface area contributed by atoms with Crippen LogP contribution in [0.25, 0.3) is 0 Å². The zero-order valence-electron chi connectivity index (χ0n) is 20.1. The van der Waals surface area contributed by atoms with Crippen LogP contribution in [0.4, 0.5) is 13.2 Å². The van der Waals surface area contributed by atoms with E-state index < -0.39 is 18.2 Å². The molecule has 3 N–H and O–H groups in total. The van der Waals surface area contributed by atoms with Gasteiger partial charge in [0.25, 0.3) is 0 Å². The van der Waals surface area contributed by atoms with Gasteiger partial charge in [0.15, 0.2) is 0 Å². The van der Waals surface area contributed by atoms with Gasteiger partial charge in [-0.1, -0.05) is 68.7 Å². The van der Waals surface area contributed by atoms with Gasteiger partial charge in [-0.25, -0.2) is 4.79 Å². The Morgan fingerprint density at radius 3 is 2.14 bits per heavy atom. The zero-order chi connectivity index (χ0) is 26.1. The highest BCUT2D eigenvalue weighted by Crippen LogP contribution is 2.39. The van der Waals surface area contributed by atoms with Gasteiger partial charge in [0.05, 0.1) is 13.2 Å². The van der Waals surface area contributed by atoms with Crippen LogP contribution in [0.2, 0.25) is 0 Å². The molecule has 3 rings (SSSR count). The Bertz CT molecular complexity index is 943. The van der Waals surface area contributed by atoms with Gasteiger partial charge < -0.3 is 20.5 Å². The second kappa shape index (κ2) is 12.6. The third kappa shape index (κ3) is 7.99. The fourth-order valence-electron chi connectivity index (χ4n) is 4.17. The van der Waals surface area contributed by atoms with E-state index in [-0.39, 0.29) is 11.3 Å². The summed E-state index contributed by atoms with van der Waals surface area (Å²) in [6.45, 7) is 3.77. The number of alkyl halides is 3. The number of halogens is 3. The van der Waals surface area contributed by atoms with E-state index in [0.29, 0.717) is 6.42 Å². The lowest BCUT2D eigenvalue weighted by Gasteiger charge is -2.51. The van der Waals surface area contributed by atoms with E-state index in [1.165, 1.54) is 24.8 Å². The summed E-state index contributed by atoms with van der Waals surface area (Å²) in [5.74, 6) is -1.89. The molecule has 6 nitrogen and oxygen atoms in total. The van der Waals surface area contributed by atoms with Crippen LogP contribution in [0.15, 0.2) is 54.6 Å². The molecule has 0 aliphatic carbocycles. The Morgan fingerprint density at radius 1 is 1.09 bits per heavy atom. The van der Waals surface area contributed by atoms with Gasteiger partial charge in [0, 0.05) is 18.5 Å². The number of carboxylic acid groups (broad SMARTS) is 1. The van der Waals surface area contributed by atoms with Crippen molar-refractivity contribution < 1.29 is 32.6 Å². The van der Waals surface area contributed by atoms with Crippen LogP contribution < -0.4 is 10.5 Å². The van der Waals surface area contributed by atoms with Crippen molar-refractivity contribution in [2.75, 3.05) is 20.2 Å². The largest absolute Gasteiger partial charge is 0.497 e. The van der Waals surface area contributed by atoms with E-state index in [9.17, 15) is 18.0 Å². The number of carbonyl (C=O) groups excluding carboxylic acids is 1. The lowest BCUT2D eigenvalue weighted by molar-refractivity contribution is -0.192. The van der Waals surface area contributed by atoms with Gasteiger partial charge in [-0.15, -0.1) is 0 Å². The lowest BCUT2D eigenvalue weighted by Crippen LogP contribution is -2.64. The van der Waals surface area contributed by atoms with E-state index in [1.807, 2.05) is 29.2 Å². The van der Waals surface area contributed by atoms with Crippen molar-refractivity contribution in [1.82, 2.24) is 4.90 Å². The summed E-state index contributed by atoms with van der Waals surface area (Å²) in [6.07, 6.45) is 0.237. The lowest BCUT2D eigenvalue weighted by atomic mass is 9.70. The van der Waals surface area contributed by atoms with Gasteiger partial charge in [0.2, 0.25) is 5.91 Å². The molecule has 192 valence electrons. The Morgan fingerprint density at radius 2 is 1.66 bits per heavy atom. The summed E-state index contributed by atoms with van der Waals surface area (Å²) in [5, 5.41) is 7.12. The number of benzene rings is 2. The molecule has 1 saturated heterocycles. The van der Waals surface area contributed by atoms with Crippen molar-refractivity contribution in [3.05, 3.63) is 65.7 Å². The summed E-state index contributed by atoms with van der Waals surface area (Å²) in [5.41, 5.74) is 8.75. The van der Waals surface area contributed by atoms with E-state index in [2.05, 4.69) is 37.3 Å². The van der Waals surface area contributed by atoms with Crippen LogP contribution >= 0.6 is 0 Å². The van der Waals surface area contributed by atoms with Crippen molar-refractivity contribution in [2.45, 2.75) is 56.7 Å². The summed E-state index contributed by atoms with van der Waals surface area (Å²) in [6, 6.07) is 17.9. The number of hydrogen-bond acceptors (Lipinski definition) is 4. The fraction of sp³-hybridized carbons (Fsp3) is 0.462. The quantitative estimate of drug-likeness (QED) is 0.499. The predicted molar refractivity (Wildman–Crippen MR) is 127 cm³/mol. The van der Waals surface area contributed by atoms with Gasteiger partial charge in [-0.2, -0.15) is 13.2 Å². The van der Waals surface area contributed by atoms with E-state index in [4.69, 9.17) is 20.4 Å². The first-order valence-corrected chi connectivity index (χ1v) is 11.6. The molecule has 2 aromatic carbocycles. The maximum absolute atomic E-state index is 12.9. The average molecular weight is 495 g/mol. The number of rotatable bonds is 9. The standard InChI is InChI=1S/C24H32N2O2.C2HF3O2/c1-3-4-8-15-24(20-9-6-5-7-10-20)17-26(18-24)23(27)22(25)16-19-11-13-21(28-2)14-12-19;3-2(4,5)1(6)7/h5-7,9-14,22H,3-4,8,15-18,25H2,1-2H3;(H,6,7)/t22-;/m1./s1. The Hall–Kier alpha value is -3.07. The Kier molecular flexibility index (Phi) is 10.1. The molecule has 0 bridgehead atoms. The molecule has 0 unspecified atom stereocenters. The normalized spacial score (nSPS) is 15.3.